The van der Waals surface area contributed by atoms with Crippen LogP contribution in [0.5, 0.6) is 0 Å². The molecule has 28 heavy (non-hydrogen) atoms. The summed E-state index contributed by atoms with van der Waals surface area (Å²) in [5.41, 5.74) is 1.18. The highest BCUT2D eigenvalue weighted by Crippen LogP contribution is 2.16. The number of morpholine rings is 1. The largest absolute Gasteiger partial charge is 0.378 e. The molecule has 1 aliphatic rings. The molecule has 1 N–H and O–H groups in total. The molecule has 8 nitrogen and oxygen atoms in total. The Morgan fingerprint density at radius 3 is 2.57 bits per heavy atom. The molecule has 1 amide bonds. The van der Waals surface area contributed by atoms with Crippen molar-refractivity contribution in [2.75, 3.05) is 36.5 Å². The van der Waals surface area contributed by atoms with Gasteiger partial charge in [-0.2, -0.15) is 0 Å². The number of carbonyl (C=O) groups is 1. The van der Waals surface area contributed by atoms with E-state index in [1.165, 1.54) is 16.8 Å². The zero-order chi connectivity index (χ0) is 19.5. The topological polar surface area (TPSA) is 85.2 Å². The van der Waals surface area contributed by atoms with E-state index in [0.29, 0.717) is 30.4 Å². The van der Waals surface area contributed by atoms with Gasteiger partial charge in [-0.1, -0.05) is 0 Å². The monoisotopic (exact) mass is 382 g/mol. The van der Waals surface area contributed by atoms with Crippen LogP contribution in [-0.4, -0.2) is 52.0 Å². The van der Waals surface area contributed by atoms with Crippen molar-refractivity contribution in [2.24, 2.45) is 0 Å². The third-order valence-corrected chi connectivity index (χ3v) is 4.38. The minimum atomic E-state index is -0.440. The molecule has 0 spiro atoms. The normalized spacial score (nSPS) is 14.1. The zero-order valence-electron chi connectivity index (χ0n) is 15.3. The summed E-state index contributed by atoms with van der Waals surface area (Å²) in [5.74, 6) is 0.616. The van der Waals surface area contributed by atoms with Crippen LogP contribution in [0.3, 0.4) is 0 Å². The van der Waals surface area contributed by atoms with E-state index in [1.54, 1.807) is 31.3 Å². The predicted molar refractivity (Wildman–Crippen MR) is 101 cm³/mol. The van der Waals surface area contributed by atoms with Crippen LogP contribution < -0.4 is 10.2 Å². The Kier molecular flexibility index (Phi) is 4.98. The first-order valence-electron chi connectivity index (χ1n) is 8.90. The summed E-state index contributed by atoms with van der Waals surface area (Å²) < 4.78 is 19.9. The number of amides is 1. The lowest BCUT2D eigenvalue weighted by Crippen LogP contribution is -2.36. The molecule has 0 atom stereocenters. The second-order valence-corrected chi connectivity index (χ2v) is 6.33. The van der Waals surface area contributed by atoms with Gasteiger partial charge in [-0.05, 0) is 43.3 Å². The number of pyridine rings is 1. The van der Waals surface area contributed by atoms with E-state index >= 15 is 0 Å². The molecule has 3 heterocycles. The number of nitrogens with one attached hydrogen (secondary N) is 1. The Bertz CT molecular complexity index is 965. The lowest BCUT2D eigenvalue weighted by Gasteiger charge is -2.27. The molecule has 3 aromatic rings. The van der Waals surface area contributed by atoms with Crippen LogP contribution in [0.15, 0.2) is 42.6 Å². The SMILES string of the molecule is Cc1nc(C(=O)Nc2ccc(N3CCOCC3)nc2)nn1-c1ccc(F)cc1. The molecule has 4 rings (SSSR count). The number of benzene rings is 1. The average molecular weight is 382 g/mol. The van der Waals surface area contributed by atoms with Gasteiger partial charge in [0.1, 0.15) is 17.5 Å². The van der Waals surface area contributed by atoms with Crippen molar-refractivity contribution >= 4 is 17.4 Å². The van der Waals surface area contributed by atoms with E-state index in [4.69, 9.17) is 4.74 Å². The second kappa shape index (κ2) is 7.73. The summed E-state index contributed by atoms with van der Waals surface area (Å²) in [6.45, 7) is 4.68. The van der Waals surface area contributed by atoms with Crippen LogP contribution in [0, 0.1) is 12.7 Å². The van der Waals surface area contributed by atoms with Crippen LogP contribution in [0.4, 0.5) is 15.9 Å². The Hall–Kier alpha value is -3.33. The summed E-state index contributed by atoms with van der Waals surface area (Å²) in [7, 11) is 0. The minimum absolute atomic E-state index is 0.0269. The molecule has 1 fully saturated rings. The molecule has 144 valence electrons. The first-order valence-corrected chi connectivity index (χ1v) is 8.90. The van der Waals surface area contributed by atoms with Gasteiger partial charge in [0.2, 0.25) is 5.82 Å². The highest BCUT2D eigenvalue weighted by atomic mass is 19.1. The molecule has 9 heteroatoms. The summed E-state index contributed by atoms with van der Waals surface area (Å²) in [4.78, 5) is 23.2. The fourth-order valence-corrected chi connectivity index (χ4v) is 2.94. The number of anilines is 2. The number of halogens is 1. The molecule has 0 saturated carbocycles. The van der Waals surface area contributed by atoms with Gasteiger partial charge in [0, 0.05) is 13.1 Å². The van der Waals surface area contributed by atoms with E-state index < -0.39 is 5.91 Å². The first-order chi connectivity index (χ1) is 13.6. The van der Waals surface area contributed by atoms with Crippen molar-refractivity contribution < 1.29 is 13.9 Å². The Morgan fingerprint density at radius 1 is 1.14 bits per heavy atom. The van der Waals surface area contributed by atoms with Crippen LogP contribution in [0.1, 0.15) is 16.4 Å². The molecule has 1 saturated heterocycles. The van der Waals surface area contributed by atoms with Crippen molar-refractivity contribution in [3.8, 4) is 5.69 Å². The third kappa shape index (κ3) is 3.84. The van der Waals surface area contributed by atoms with Crippen LogP contribution >= 0.6 is 0 Å². The van der Waals surface area contributed by atoms with Gasteiger partial charge in [-0.3, -0.25) is 4.79 Å². The Labute approximate surface area is 161 Å². The Morgan fingerprint density at radius 2 is 1.89 bits per heavy atom. The van der Waals surface area contributed by atoms with Crippen molar-refractivity contribution in [3.05, 3.63) is 60.1 Å². The second-order valence-electron chi connectivity index (χ2n) is 6.33. The molecule has 0 radical (unpaired) electrons. The number of aromatic nitrogens is 4. The van der Waals surface area contributed by atoms with E-state index in [0.717, 1.165) is 18.9 Å². The summed E-state index contributed by atoms with van der Waals surface area (Å²) in [5, 5.41) is 6.97. The van der Waals surface area contributed by atoms with Gasteiger partial charge in [-0.25, -0.2) is 19.0 Å². The Balaban J connectivity index is 1.46. The molecular formula is C19H19FN6O2. The van der Waals surface area contributed by atoms with Gasteiger partial charge in [0.25, 0.3) is 5.91 Å². The predicted octanol–water partition coefficient (Wildman–Crippen LogP) is 2.20. The number of hydrogen-bond donors (Lipinski definition) is 1. The maximum Gasteiger partial charge on any atom is 0.295 e. The van der Waals surface area contributed by atoms with Gasteiger partial charge in [0.05, 0.1) is 30.8 Å². The highest BCUT2D eigenvalue weighted by Gasteiger charge is 2.17. The number of rotatable bonds is 4. The molecule has 2 aromatic heterocycles. The van der Waals surface area contributed by atoms with E-state index in [1.807, 2.05) is 6.07 Å². The minimum Gasteiger partial charge on any atom is -0.378 e. The lowest BCUT2D eigenvalue weighted by molar-refractivity contribution is 0.101. The number of ether oxygens (including phenoxy) is 1. The van der Waals surface area contributed by atoms with Crippen molar-refractivity contribution in [1.29, 1.82) is 0 Å². The van der Waals surface area contributed by atoms with Gasteiger partial charge >= 0.3 is 0 Å². The van der Waals surface area contributed by atoms with E-state index in [9.17, 15) is 9.18 Å². The van der Waals surface area contributed by atoms with Crippen molar-refractivity contribution in [2.45, 2.75) is 6.92 Å². The quantitative estimate of drug-likeness (QED) is 0.745. The summed E-state index contributed by atoms with van der Waals surface area (Å²) in [6.07, 6.45) is 1.60. The van der Waals surface area contributed by atoms with Gasteiger partial charge < -0.3 is 15.0 Å². The van der Waals surface area contributed by atoms with Gasteiger partial charge in [-0.15, -0.1) is 5.10 Å². The molecular weight excluding hydrogens is 363 g/mol. The molecule has 0 aliphatic carbocycles. The highest BCUT2D eigenvalue weighted by molar-refractivity contribution is 6.01. The van der Waals surface area contributed by atoms with Crippen LogP contribution in [0.25, 0.3) is 5.69 Å². The maximum absolute atomic E-state index is 13.1. The van der Waals surface area contributed by atoms with Crippen LogP contribution in [-0.2, 0) is 4.74 Å². The molecule has 1 aliphatic heterocycles. The number of nitrogens with zero attached hydrogens (tertiary/aromatic N) is 5. The first kappa shape index (κ1) is 18.1. The third-order valence-electron chi connectivity index (χ3n) is 4.38. The van der Waals surface area contributed by atoms with E-state index in [2.05, 4.69) is 25.3 Å². The lowest BCUT2D eigenvalue weighted by atomic mass is 10.3. The number of aryl methyl sites for hydroxylation is 1. The van der Waals surface area contributed by atoms with Gasteiger partial charge in [0.15, 0.2) is 0 Å². The van der Waals surface area contributed by atoms with E-state index in [-0.39, 0.29) is 11.6 Å². The molecule has 1 aromatic carbocycles. The summed E-state index contributed by atoms with van der Waals surface area (Å²) in [6, 6.07) is 9.46. The standard InChI is InChI=1S/C19H19FN6O2/c1-13-22-18(24-26(13)16-5-2-14(20)3-6-16)19(27)23-15-4-7-17(21-12-15)25-8-10-28-11-9-25/h2-7,12H,8-11H2,1H3,(H,23,27). The smallest absolute Gasteiger partial charge is 0.295 e. The fraction of sp³-hybridized carbons (Fsp3) is 0.263. The molecule has 0 bridgehead atoms. The van der Waals surface area contributed by atoms with Crippen molar-refractivity contribution in [1.82, 2.24) is 19.7 Å². The van der Waals surface area contributed by atoms with Crippen LogP contribution in [0.2, 0.25) is 0 Å². The maximum atomic E-state index is 13.1. The summed E-state index contributed by atoms with van der Waals surface area (Å²) >= 11 is 0. The number of hydrogen-bond acceptors (Lipinski definition) is 6. The number of carbonyl (C=O) groups excluding carboxylic acids is 1. The van der Waals surface area contributed by atoms with Crippen molar-refractivity contribution in [3.63, 3.8) is 0 Å². The zero-order valence-corrected chi connectivity index (χ0v) is 15.3. The average Bonchev–Trinajstić information content (AvgIpc) is 3.12. The molecule has 0 unspecified atom stereocenters. The fourth-order valence-electron chi connectivity index (χ4n) is 2.94.